The fourth-order valence-corrected chi connectivity index (χ4v) is 3.27. The largest absolute Gasteiger partial charge is 0.497 e. The normalized spacial score (nSPS) is 18.1. The highest BCUT2D eigenvalue weighted by molar-refractivity contribution is 5.79. The molecule has 0 saturated carbocycles. The Morgan fingerprint density at radius 3 is 2.77 bits per heavy atom. The minimum Gasteiger partial charge on any atom is -0.497 e. The van der Waals surface area contributed by atoms with Gasteiger partial charge in [0.2, 0.25) is 0 Å². The molecule has 1 saturated heterocycles. The van der Waals surface area contributed by atoms with Crippen LogP contribution in [0.15, 0.2) is 29.3 Å². The maximum absolute atomic E-state index is 5.73. The Kier molecular flexibility index (Phi) is 9.28. The highest BCUT2D eigenvalue weighted by atomic mass is 16.5. The van der Waals surface area contributed by atoms with Gasteiger partial charge in [0.25, 0.3) is 0 Å². The topological polar surface area (TPSA) is 58.1 Å². The van der Waals surface area contributed by atoms with Crippen molar-refractivity contribution in [3.63, 3.8) is 0 Å². The number of nitrogens with zero attached hydrogens (tertiary/aromatic N) is 2. The van der Waals surface area contributed by atoms with E-state index in [1.807, 2.05) is 31.3 Å². The summed E-state index contributed by atoms with van der Waals surface area (Å²) in [6, 6.07) is 8.61. The fraction of sp³-hybridized carbons (Fsp3) is 0.650. The molecule has 1 aliphatic rings. The van der Waals surface area contributed by atoms with Crippen molar-refractivity contribution in [3.05, 3.63) is 29.8 Å². The zero-order valence-electron chi connectivity index (χ0n) is 16.5. The van der Waals surface area contributed by atoms with Crippen LogP contribution in [0.3, 0.4) is 0 Å². The van der Waals surface area contributed by atoms with Gasteiger partial charge < -0.3 is 20.1 Å². The minimum absolute atomic E-state index is 0.630. The SMILES string of the molecule is CCN1CCCC1CNC(=NC)NCCCOCc1ccc(OC)cc1. The standard InChI is InChI=1S/C20H34N4O2/c1-4-24-13-5-7-18(24)15-23-20(21-2)22-12-6-14-26-16-17-8-10-19(25-3)11-9-17/h8-11,18H,4-7,12-16H2,1-3H3,(H2,21,22,23). The van der Waals surface area contributed by atoms with Crippen molar-refractivity contribution in [2.45, 2.75) is 38.8 Å². The summed E-state index contributed by atoms with van der Waals surface area (Å²) in [4.78, 5) is 6.84. The second-order valence-corrected chi connectivity index (χ2v) is 6.56. The van der Waals surface area contributed by atoms with Crippen LogP contribution in [0, 0.1) is 0 Å². The number of methoxy groups -OCH3 is 1. The molecule has 1 atom stereocenters. The van der Waals surface area contributed by atoms with Crippen LogP contribution >= 0.6 is 0 Å². The number of benzene rings is 1. The average Bonchev–Trinajstić information content (AvgIpc) is 3.15. The number of likely N-dealkylation sites (N-methyl/N-ethyl adjacent to an activating group) is 1. The molecule has 2 N–H and O–H groups in total. The maximum Gasteiger partial charge on any atom is 0.191 e. The molecule has 1 aliphatic heterocycles. The molecule has 0 aliphatic carbocycles. The Labute approximate surface area is 158 Å². The van der Waals surface area contributed by atoms with E-state index in [1.165, 1.54) is 19.4 Å². The van der Waals surface area contributed by atoms with Crippen LogP contribution in [-0.2, 0) is 11.3 Å². The predicted molar refractivity (Wildman–Crippen MR) is 107 cm³/mol. The van der Waals surface area contributed by atoms with Crippen molar-refractivity contribution in [1.29, 1.82) is 0 Å². The Bertz CT molecular complexity index is 533. The number of aliphatic imine (C=N–C) groups is 1. The Balaban J connectivity index is 1.54. The number of hydrogen-bond donors (Lipinski definition) is 2. The lowest BCUT2D eigenvalue weighted by atomic mass is 10.2. The molecule has 2 rings (SSSR count). The second kappa shape index (κ2) is 11.8. The number of nitrogens with one attached hydrogen (secondary N) is 2. The second-order valence-electron chi connectivity index (χ2n) is 6.56. The summed E-state index contributed by atoms with van der Waals surface area (Å²) in [5, 5.41) is 6.81. The Hall–Kier alpha value is -1.79. The van der Waals surface area contributed by atoms with Crippen LogP contribution in [0.25, 0.3) is 0 Å². The lowest BCUT2D eigenvalue weighted by Crippen LogP contribution is -2.45. The van der Waals surface area contributed by atoms with Crippen molar-refractivity contribution < 1.29 is 9.47 Å². The van der Waals surface area contributed by atoms with Crippen LogP contribution in [0.1, 0.15) is 31.7 Å². The van der Waals surface area contributed by atoms with Gasteiger partial charge in [-0.2, -0.15) is 0 Å². The van der Waals surface area contributed by atoms with Crippen LogP contribution in [0.2, 0.25) is 0 Å². The molecule has 1 aromatic rings. The van der Waals surface area contributed by atoms with Gasteiger partial charge in [0.1, 0.15) is 5.75 Å². The van der Waals surface area contributed by atoms with Gasteiger partial charge in [0, 0.05) is 32.8 Å². The summed E-state index contributed by atoms with van der Waals surface area (Å²) in [6.45, 7) is 7.75. The maximum atomic E-state index is 5.73. The Morgan fingerprint density at radius 2 is 2.08 bits per heavy atom. The highest BCUT2D eigenvalue weighted by Gasteiger charge is 2.22. The molecule has 1 unspecified atom stereocenters. The lowest BCUT2D eigenvalue weighted by Gasteiger charge is -2.23. The monoisotopic (exact) mass is 362 g/mol. The van der Waals surface area contributed by atoms with E-state index < -0.39 is 0 Å². The van der Waals surface area contributed by atoms with Crippen LogP contribution in [0.4, 0.5) is 0 Å². The van der Waals surface area contributed by atoms with Gasteiger partial charge in [0.05, 0.1) is 13.7 Å². The highest BCUT2D eigenvalue weighted by Crippen LogP contribution is 2.15. The number of hydrogen-bond acceptors (Lipinski definition) is 4. The summed E-state index contributed by atoms with van der Waals surface area (Å²) in [5.74, 6) is 1.75. The molecular weight excluding hydrogens is 328 g/mol. The fourth-order valence-electron chi connectivity index (χ4n) is 3.27. The third-order valence-corrected chi connectivity index (χ3v) is 4.82. The number of rotatable bonds is 10. The Morgan fingerprint density at radius 1 is 1.27 bits per heavy atom. The summed E-state index contributed by atoms with van der Waals surface area (Å²) in [5.41, 5.74) is 1.16. The lowest BCUT2D eigenvalue weighted by molar-refractivity contribution is 0.119. The summed E-state index contributed by atoms with van der Waals surface area (Å²) < 4.78 is 10.9. The molecule has 6 nitrogen and oxygen atoms in total. The number of likely N-dealkylation sites (tertiary alicyclic amines) is 1. The van der Waals surface area contributed by atoms with Gasteiger partial charge in [-0.05, 0) is 50.0 Å². The van der Waals surface area contributed by atoms with Gasteiger partial charge in [-0.3, -0.25) is 9.89 Å². The molecule has 146 valence electrons. The minimum atomic E-state index is 0.630. The quantitative estimate of drug-likeness (QED) is 0.380. The predicted octanol–water partition coefficient (Wildman–Crippen LogP) is 2.25. The smallest absolute Gasteiger partial charge is 0.191 e. The van der Waals surface area contributed by atoms with E-state index in [0.29, 0.717) is 12.6 Å². The van der Waals surface area contributed by atoms with E-state index in [-0.39, 0.29) is 0 Å². The van der Waals surface area contributed by atoms with Crippen molar-refractivity contribution in [2.75, 3.05) is 46.9 Å². The van der Waals surface area contributed by atoms with E-state index in [4.69, 9.17) is 9.47 Å². The van der Waals surface area contributed by atoms with Crippen molar-refractivity contribution in [3.8, 4) is 5.75 Å². The van der Waals surface area contributed by atoms with Crippen LogP contribution in [-0.4, -0.2) is 63.8 Å². The molecule has 0 bridgehead atoms. The molecular formula is C20H34N4O2. The number of ether oxygens (including phenoxy) is 2. The van der Waals surface area contributed by atoms with E-state index in [2.05, 4.69) is 27.4 Å². The van der Waals surface area contributed by atoms with Gasteiger partial charge in [0.15, 0.2) is 5.96 Å². The first-order chi connectivity index (χ1) is 12.8. The average molecular weight is 363 g/mol. The zero-order chi connectivity index (χ0) is 18.6. The molecule has 0 spiro atoms. The van der Waals surface area contributed by atoms with E-state index in [1.54, 1.807) is 7.11 Å². The van der Waals surface area contributed by atoms with E-state index in [0.717, 1.165) is 49.9 Å². The van der Waals surface area contributed by atoms with Gasteiger partial charge in [-0.15, -0.1) is 0 Å². The van der Waals surface area contributed by atoms with Gasteiger partial charge >= 0.3 is 0 Å². The summed E-state index contributed by atoms with van der Waals surface area (Å²) in [6.07, 6.45) is 3.52. The zero-order valence-corrected chi connectivity index (χ0v) is 16.5. The third-order valence-electron chi connectivity index (χ3n) is 4.82. The third kappa shape index (κ3) is 6.84. The molecule has 1 aromatic carbocycles. The first kappa shape index (κ1) is 20.5. The summed E-state index contributed by atoms with van der Waals surface area (Å²) >= 11 is 0. The van der Waals surface area contributed by atoms with Crippen molar-refractivity contribution in [1.82, 2.24) is 15.5 Å². The molecule has 26 heavy (non-hydrogen) atoms. The van der Waals surface area contributed by atoms with Crippen LogP contribution in [0.5, 0.6) is 5.75 Å². The van der Waals surface area contributed by atoms with Crippen LogP contribution < -0.4 is 15.4 Å². The molecule has 0 aromatic heterocycles. The number of guanidine groups is 1. The molecule has 0 radical (unpaired) electrons. The van der Waals surface area contributed by atoms with E-state index in [9.17, 15) is 0 Å². The van der Waals surface area contributed by atoms with Crippen molar-refractivity contribution in [2.24, 2.45) is 4.99 Å². The first-order valence-electron chi connectivity index (χ1n) is 9.66. The molecule has 6 heteroatoms. The van der Waals surface area contributed by atoms with Gasteiger partial charge in [-0.1, -0.05) is 19.1 Å². The molecule has 1 fully saturated rings. The van der Waals surface area contributed by atoms with Gasteiger partial charge in [-0.25, -0.2) is 0 Å². The summed E-state index contributed by atoms with van der Waals surface area (Å²) in [7, 11) is 3.50. The first-order valence-corrected chi connectivity index (χ1v) is 9.66. The van der Waals surface area contributed by atoms with Crippen molar-refractivity contribution >= 4 is 5.96 Å². The molecule has 1 heterocycles. The molecule has 0 amide bonds. The van der Waals surface area contributed by atoms with E-state index >= 15 is 0 Å².